The molecule has 0 aliphatic heterocycles. The summed E-state index contributed by atoms with van der Waals surface area (Å²) < 4.78 is 2.83. The fraction of sp³-hybridized carbons (Fsp3) is 1.00. The maximum absolute atomic E-state index is 4.64. The minimum atomic E-state index is 1.51. The Morgan fingerprint density at radius 2 is 2.00 bits per heavy atom. The van der Waals surface area contributed by atoms with Crippen molar-refractivity contribution in [1.29, 1.82) is 0 Å². The molecular formula is CH3ClN2. The maximum atomic E-state index is 4.64. The smallest absolute Gasteiger partial charge is 0.0599 e. The van der Waals surface area contributed by atoms with Gasteiger partial charge in [-0.25, -0.2) is 0 Å². The van der Waals surface area contributed by atoms with E-state index in [0.29, 0.717) is 0 Å². The van der Waals surface area contributed by atoms with Gasteiger partial charge in [0.05, 0.1) is 18.8 Å². The Labute approximate surface area is 29.6 Å². The molecule has 0 radical (unpaired) electrons. The topological polar surface area (TPSA) is 24.7 Å². The van der Waals surface area contributed by atoms with Gasteiger partial charge < -0.3 is 0 Å². The molecule has 0 fully saturated rings. The fourth-order valence-electron chi connectivity index (χ4n) is 0. The van der Waals surface area contributed by atoms with E-state index in [1.165, 1.54) is 7.05 Å². The highest BCUT2D eigenvalue weighted by Crippen LogP contribution is 1.69. The molecule has 4 heavy (non-hydrogen) atoms. The molecule has 0 aliphatic rings. The quantitative estimate of drug-likeness (QED) is 0.389. The summed E-state index contributed by atoms with van der Waals surface area (Å²) in [6, 6.07) is 0. The molecule has 0 bridgehead atoms. The highest BCUT2D eigenvalue weighted by atomic mass is 35.5. The average Bonchev–Trinajstić information content (AvgIpc) is 1.37. The summed E-state index contributed by atoms with van der Waals surface area (Å²) in [7, 11) is 1.51. The van der Waals surface area contributed by atoms with Gasteiger partial charge in [-0.3, -0.25) is 0 Å². The van der Waals surface area contributed by atoms with Gasteiger partial charge in [0.1, 0.15) is 0 Å². The van der Waals surface area contributed by atoms with Crippen LogP contribution in [-0.2, 0) is 0 Å². The SMILES string of the molecule is CN=NCl. The first-order valence-corrected chi connectivity index (χ1v) is 1.15. The Hall–Kier alpha value is -0.110. The van der Waals surface area contributed by atoms with Crippen LogP contribution in [0.4, 0.5) is 0 Å². The van der Waals surface area contributed by atoms with Crippen LogP contribution in [0.3, 0.4) is 0 Å². The van der Waals surface area contributed by atoms with E-state index >= 15 is 0 Å². The van der Waals surface area contributed by atoms with Crippen molar-refractivity contribution in [3.63, 3.8) is 0 Å². The van der Waals surface area contributed by atoms with Crippen molar-refractivity contribution < 1.29 is 0 Å². The van der Waals surface area contributed by atoms with E-state index in [2.05, 4.69) is 21.5 Å². The summed E-state index contributed by atoms with van der Waals surface area (Å²) in [4.78, 5) is 0. The van der Waals surface area contributed by atoms with Crippen LogP contribution in [0.25, 0.3) is 0 Å². The minimum Gasteiger partial charge on any atom is -0.180 e. The number of halogens is 1. The molecule has 0 heterocycles. The molecule has 0 aromatic carbocycles. The zero-order valence-electron chi connectivity index (χ0n) is 2.27. The molecule has 2 nitrogen and oxygen atoms in total. The lowest BCUT2D eigenvalue weighted by molar-refractivity contribution is 1.25. The van der Waals surface area contributed by atoms with Crippen LogP contribution < -0.4 is 0 Å². The molecule has 0 aromatic heterocycles. The Morgan fingerprint density at radius 1 is 1.75 bits per heavy atom. The third-order valence-electron chi connectivity index (χ3n) is 0.0756. The lowest BCUT2D eigenvalue weighted by Crippen LogP contribution is -1.27. The molecule has 0 saturated heterocycles. The number of hydrogen-bond donors (Lipinski definition) is 0. The molecule has 24 valence electrons. The van der Waals surface area contributed by atoms with Gasteiger partial charge >= 0.3 is 0 Å². The summed E-state index contributed by atoms with van der Waals surface area (Å²) in [6.45, 7) is 0. The lowest BCUT2D eigenvalue weighted by atomic mass is 11.6. The van der Waals surface area contributed by atoms with Crippen LogP contribution in [0, 0.1) is 0 Å². The van der Waals surface area contributed by atoms with E-state index in [1.807, 2.05) is 0 Å². The van der Waals surface area contributed by atoms with E-state index in [-0.39, 0.29) is 0 Å². The molecule has 0 unspecified atom stereocenters. The fourth-order valence-corrected chi connectivity index (χ4v) is 0. The summed E-state index contributed by atoms with van der Waals surface area (Å²) in [5, 5.41) is 3.13. The second-order valence-electron chi connectivity index (χ2n) is 0.276. The number of nitrogens with zero attached hydrogens (tertiary/aromatic N) is 2. The van der Waals surface area contributed by atoms with Crippen molar-refractivity contribution in [2.24, 2.45) is 9.75 Å². The predicted molar refractivity (Wildman–Crippen MR) is 16.6 cm³/mol. The zero-order valence-corrected chi connectivity index (χ0v) is 3.03. The first-order valence-electron chi connectivity index (χ1n) is 0.816. The molecule has 0 atom stereocenters. The third kappa shape index (κ3) is 1.89. The summed E-state index contributed by atoms with van der Waals surface area (Å²) >= 11 is 4.64. The van der Waals surface area contributed by atoms with Gasteiger partial charge in [0.15, 0.2) is 0 Å². The van der Waals surface area contributed by atoms with Gasteiger partial charge in [-0.15, -0.1) is 0 Å². The van der Waals surface area contributed by atoms with Gasteiger partial charge in [-0.2, -0.15) is 5.11 Å². The van der Waals surface area contributed by atoms with E-state index in [0.717, 1.165) is 0 Å². The Balaban J connectivity index is 2.55. The van der Waals surface area contributed by atoms with Crippen LogP contribution in [0.5, 0.6) is 0 Å². The highest BCUT2D eigenvalue weighted by molar-refractivity contribution is 6.13. The Bertz CT molecular complexity index is 21.2. The zero-order chi connectivity index (χ0) is 3.41. The van der Waals surface area contributed by atoms with Crippen molar-refractivity contribution in [2.45, 2.75) is 0 Å². The maximum Gasteiger partial charge on any atom is 0.0599 e. The minimum absolute atomic E-state index is 1.51. The van der Waals surface area contributed by atoms with Crippen LogP contribution in [-0.4, -0.2) is 7.05 Å². The molecule has 3 heteroatoms. The molecule has 0 aliphatic carbocycles. The van der Waals surface area contributed by atoms with Crippen molar-refractivity contribution in [1.82, 2.24) is 0 Å². The van der Waals surface area contributed by atoms with Gasteiger partial charge in [0.2, 0.25) is 0 Å². The number of hydrogen-bond acceptors (Lipinski definition) is 2. The molecule has 0 amide bonds. The first-order chi connectivity index (χ1) is 1.91. The molecule has 0 spiro atoms. The highest BCUT2D eigenvalue weighted by Gasteiger charge is 1.35. The predicted octanol–water partition coefficient (Wildman–Crippen LogP) is 1.22. The third-order valence-corrected chi connectivity index (χ3v) is 0.227. The second-order valence-corrected chi connectivity index (χ2v) is 0.427. The molecule has 0 aromatic rings. The Morgan fingerprint density at radius 3 is 2.00 bits per heavy atom. The molecule has 0 rings (SSSR count). The summed E-state index contributed by atoms with van der Waals surface area (Å²) in [5.41, 5.74) is 0. The van der Waals surface area contributed by atoms with E-state index in [9.17, 15) is 0 Å². The van der Waals surface area contributed by atoms with E-state index in [1.54, 1.807) is 0 Å². The normalized spacial score (nSPS) is 9.50. The number of rotatable bonds is 0. The van der Waals surface area contributed by atoms with Crippen LogP contribution in [0.1, 0.15) is 0 Å². The van der Waals surface area contributed by atoms with Crippen molar-refractivity contribution in [2.75, 3.05) is 7.05 Å². The van der Waals surface area contributed by atoms with Crippen LogP contribution in [0.2, 0.25) is 0 Å². The molecule has 0 saturated carbocycles. The summed E-state index contributed by atoms with van der Waals surface area (Å²) in [6.07, 6.45) is 0. The van der Waals surface area contributed by atoms with E-state index in [4.69, 9.17) is 0 Å². The average molecular weight is 78.5 g/mol. The van der Waals surface area contributed by atoms with Crippen molar-refractivity contribution >= 4 is 11.8 Å². The first kappa shape index (κ1) is 3.89. The standard InChI is InChI=1S/CH3ClN2/c1-3-4-2/h1H3. The Kier molecular flexibility index (Phi) is 2.81. The van der Waals surface area contributed by atoms with E-state index < -0.39 is 0 Å². The second kappa shape index (κ2) is 2.89. The largest absolute Gasteiger partial charge is 0.180 e. The van der Waals surface area contributed by atoms with Gasteiger partial charge in [0, 0.05) is 0 Å². The van der Waals surface area contributed by atoms with Gasteiger partial charge in [0.25, 0.3) is 0 Å². The van der Waals surface area contributed by atoms with Gasteiger partial charge in [-0.05, 0) is 0 Å². The van der Waals surface area contributed by atoms with Crippen molar-refractivity contribution in [3.05, 3.63) is 0 Å². The monoisotopic (exact) mass is 78.0 g/mol. The van der Waals surface area contributed by atoms with Crippen LogP contribution in [0.15, 0.2) is 9.75 Å². The summed E-state index contributed by atoms with van der Waals surface area (Å²) in [5.74, 6) is 0. The molecular weight excluding hydrogens is 75.5 g/mol. The lowest BCUT2D eigenvalue weighted by Gasteiger charge is -1.49. The van der Waals surface area contributed by atoms with Crippen LogP contribution >= 0.6 is 11.8 Å². The molecule has 0 N–H and O–H groups in total. The van der Waals surface area contributed by atoms with Gasteiger partial charge in [-0.1, -0.05) is 4.63 Å². The van der Waals surface area contributed by atoms with Crippen molar-refractivity contribution in [3.8, 4) is 0 Å².